The summed E-state index contributed by atoms with van der Waals surface area (Å²) in [6.07, 6.45) is 0.264. The molecule has 18 heavy (non-hydrogen) atoms. The fraction of sp³-hybridized carbons (Fsp3) is 0.917. The SMILES string of the molecule is CCCNC(=O)C[C@@H]1C[C@H]2O[C@H](CN)[C@@H](O)[C@H]2O1. The fourth-order valence-electron chi connectivity index (χ4n) is 2.58. The highest BCUT2D eigenvalue weighted by atomic mass is 16.6. The van der Waals surface area contributed by atoms with E-state index in [2.05, 4.69) is 5.32 Å². The lowest BCUT2D eigenvalue weighted by Gasteiger charge is -2.18. The Kier molecular flexibility index (Phi) is 4.55. The van der Waals surface area contributed by atoms with Crippen molar-refractivity contribution < 1.29 is 19.4 Å². The molecule has 0 bridgehead atoms. The van der Waals surface area contributed by atoms with Crippen LogP contribution in [0.15, 0.2) is 0 Å². The number of carbonyl (C=O) groups excluding carboxylic acids is 1. The van der Waals surface area contributed by atoms with Gasteiger partial charge in [0, 0.05) is 19.5 Å². The van der Waals surface area contributed by atoms with Gasteiger partial charge in [0.05, 0.1) is 24.7 Å². The lowest BCUT2D eigenvalue weighted by atomic mass is 10.1. The monoisotopic (exact) mass is 258 g/mol. The standard InChI is InChI=1S/C12H22N2O4/c1-2-3-14-10(15)5-7-4-8-12(17-7)11(16)9(6-13)18-8/h7-9,11-12,16H,2-6,13H2,1H3,(H,14,15)/t7-,8+,9+,11+,12-/m0/s1. The first-order valence-corrected chi connectivity index (χ1v) is 6.61. The van der Waals surface area contributed by atoms with E-state index < -0.39 is 6.10 Å². The molecule has 2 heterocycles. The molecule has 2 fully saturated rings. The Morgan fingerprint density at radius 3 is 2.89 bits per heavy atom. The molecule has 104 valence electrons. The number of amides is 1. The number of hydrogen-bond acceptors (Lipinski definition) is 5. The van der Waals surface area contributed by atoms with Crippen LogP contribution >= 0.6 is 0 Å². The number of hydrogen-bond donors (Lipinski definition) is 3. The third-order valence-corrected chi connectivity index (χ3v) is 3.50. The number of rotatable bonds is 5. The van der Waals surface area contributed by atoms with Gasteiger partial charge in [-0.3, -0.25) is 4.79 Å². The van der Waals surface area contributed by atoms with Crippen LogP contribution in [0.1, 0.15) is 26.2 Å². The van der Waals surface area contributed by atoms with Gasteiger partial charge in [0.15, 0.2) is 0 Å². The first-order valence-electron chi connectivity index (χ1n) is 6.61. The van der Waals surface area contributed by atoms with Crippen molar-refractivity contribution in [1.29, 1.82) is 0 Å². The lowest BCUT2D eigenvalue weighted by Crippen LogP contribution is -2.37. The molecule has 0 aromatic carbocycles. The number of nitrogens with one attached hydrogen (secondary N) is 1. The highest BCUT2D eigenvalue weighted by molar-refractivity contribution is 5.76. The van der Waals surface area contributed by atoms with E-state index in [-0.39, 0.29) is 30.3 Å². The molecular weight excluding hydrogens is 236 g/mol. The van der Waals surface area contributed by atoms with Crippen molar-refractivity contribution in [3.05, 3.63) is 0 Å². The van der Waals surface area contributed by atoms with Gasteiger partial charge < -0.3 is 25.6 Å². The Balaban J connectivity index is 1.79. The summed E-state index contributed by atoms with van der Waals surface area (Å²) >= 11 is 0. The molecular formula is C12H22N2O4. The Labute approximate surface area is 107 Å². The van der Waals surface area contributed by atoms with Gasteiger partial charge in [-0.2, -0.15) is 0 Å². The molecule has 5 atom stereocenters. The molecule has 4 N–H and O–H groups in total. The fourth-order valence-corrected chi connectivity index (χ4v) is 2.58. The smallest absolute Gasteiger partial charge is 0.222 e. The van der Waals surface area contributed by atoms with E-state index in [9.17, 15) is 9.90 Å². The highest BCUT2D eigenvalue weighted by Gasteiger charge is 2.50. The number of carbonyl (C=O) groups is 1. The largest absolute Gasteiger partial charge is 0.388 e. The van der Waals surface area contributed by atoms with Gasteiger partial charge in [0.25, 0.3) is 0 Å². The van der Waals surface area contributed by atoms with Crippen LogP contribution in [0.25, 0.3) is 0 Å². The van der Waals surface area contributed by atoms with Gasteiger partial charge in [0.1, 0.15) is 12.2 Å². The van der Waals surface area contributed by atoms with Crippen LogP contribution < -0.4 is 11.1 Å². The van der Waals surface area contributed by atoms with Gasteiger partial charge in [-0.15, -0.1) is 0 Å². The molecule has 6 heteroatoms. The molecule has 1 amide bonds. The molecule has 0 unspecified atom stereocenters. The van der Waals surface area contributed by atoms with Crippen molar-refractivity contribution in [3.63, 3.8) is 0 Å². The van der Waals surface area contributed by atoms with E-state index in [0.717, 1.165) is 6.42 Å². The Morgan fingerprint density at radius 2 is 2.28 bits per heavy atom. The van der Waals surface area contributed by atoms with Gasteiger partial charge >= 0.3 is 0 Å². The molecule has 2 aliphatic heterocycles. The molecule has 0 aromatic rings. The van der Waals surface area contributed by atoms with Crippen LogP contribution in [0.3, 0.4) is 0 Å². The maximum Gasteiger partial charge on any atom is 0.222 e. The topological polar surface area (TPSA) is 93.8 Å². The summed E-state index contributed by atoms with van der Waals surface area (Å²) in [6.45, 7) is 2.99. The van der Waals surface area contributed by atoms with E-state index in [4.69, 9.17) is 15.2 Å². The number of ether oxygens (including phenoxy) is 2. The second kappa shape index (κ2) is 5.97. The minimum atomic E-state index is -0.677. The summed E-state index contributed by atoms with van der Waals surface area (Å²) in [7, 11) is 0. The third-order valence-electron chi connectivity index (χ3n) is 3.50. The Morgan fingerprint density at radius 1 is 1.50 bits per heavy atom. The minimum absolute atomic E-state index is 0.00770. The van der Waals surface area contributed by atoms with E-state index in [1.807, 2.05) is 6.92 Å². The van der Waals surface area contributed by atoms with Crippen LogP contribution in [0.5, 0.6) is 0 Å². The number of aliphatic hydroxyl groups is 1. The highest BCUT2D eigenvalue weighted by Crippen LogP contribution is 2.35. The van der Waals surface area contributed by atoms with E-state index >= 15 is 0 Å². The molecule has 2 aliphatic rings. The summed E-state index contributed by atoms with van der Waals surface area (Å²) in [5.41, 5.74) is 5.49. The second-order valence-electron chi connectivity index (χ2n) is 4.95. The molecule has 0 saturated carbocycles. The summed E-state index contributed by atoms with van der Waals surface area (Å²) < 4.78 is 11.3. The number of aliphatic hydroxyl groups excluding tert-OH is 1. The summed E-state index contributed by atoms with van der Waals surface area (Å²) in [6, 6.07) is 0. The predicted molar refractivity (Wildman–Crippen MR) is 64.9 cm³/mol. The van der Waals surface area contributed by atoms with Crippen LogP contribution in [-0.4, -0.2) is 54.6 Å². The number of fused-ring (bicyclic) bond motifs is 1. The van der Waals surface area contributed by atoms with Crippen LogP contribution in [-0.2, 0) is 14.3 Å². The molecule has 0 spiro atoms. The van der Waals surface area contributed by atoms with Crippen LogP contribution in [0, 0.1) is 0 Å². The maximum absolute atomic E-state index is 11.6. The number of nitrogens with two attached hydrogens (primary N) is 1. The van der Waals surface area contributed by atoms with E-state index in [1.165, 1.54) is 0 Å². The molecule has 0 aromatic heterocycles. The summed E-state index contributed by atoms with van der Waals surface area (Å²) in [5, 5.41) is 12.7. The van der Waals surface area contributed by atoms with Crippen molar-refractivity contribution >= 4 is 5.91 Å². The van der Waals surface area contributed by atoms with Gasteiger partial charge in [-0.05, 0) is 6.42 Å². The first-order chi connectivity index (χ1) is 8.65. The second-order valence-corrected chi connectivity index (χ2v) is 4.95. The lowest BCUT2D eigenvalue weighted by molar-refractivity contribution is -0.124. The predicted octanol–water partition coefficient (Wildman–Crippen LogP) is -0.853. The molecule has 0 radical (unpaired) electrons. The Bertz CT molecular complexity index is 300. The average molecular weight is 258 g/mol. The zero-order valence-electron chi connectivity index (χ0n) is 10.7. The van der Waals surface area contributed by atoms with Crippen molar-refractivity contribution in [1.82, 2.24) is 5.32 Å². The summed E-state index contributed by atoms with van der Waals surface area (Å²) in [4.78, 5) is 11.6. The van der Waals surface area contributed by atoms with E-state index in [0.29, 0.717) is 25.9 Å². The van der Waals surface area contributed by atoms with Crippen molar-refractivity contribution in [2.24, 2.45) is 5.73 Å². The summed E-state index contributed by atoms with van der Waals surface area (Å²) in [5.74, 6) is -0.00770. The van der Waals surface area contributed by atoms with Crippen molar-refractivity contribution in [3.8, 4) is 0 Å². The maximum atomic E-state index is 11.6. The molecule has 6 nitrogen and oxygen atoms in total. The quantitative estimate of drug-likeness (QED) is 0.597. The zero-order chi connectivity index (χ0) is 13.1. The van der Waals surface area contributed by atoms with E-state index in [1.54, 1.807) is 0 Å². The third kappa shape index (κ3) is 2.83. The van der Waals surface area contributed by atoms with Gasteiger partial charge in [0.2, 0.25) is 5.91 Å². The Hall–Kier alpha value is -0.690. The normalized spacial score (nSPS) is 38.7. The van der Waals surface area contributed by atoms with Crippen molar-refractivity contribution in [2.45, 2.75) is 56.7 Å². The first kappa shape index (κ1) is 13.7. The van der Waals surface area contributed by atoms with Gasteiger partial charge in [-0.1, -0.05) is 6.92 Å². The zero-order valence-corrected chi connectivity index (χ0v) is 10.7. The molecule has 2 rings (SSSR count). The molecule has 0 aliphatic carbocycles. The van der Waals surface area contributed by atoms with Crippen molar-refractivity contribution in [2.75, 3.05) is 13.1 Å². The average Bonchev–Trinajstić information content (AvgIpc) is 2.86. The van der Waals surface area contributed by atoms with Crippen LogP contribution in [0.2, 0.25) is 0 Å². The minimum Gasteiger partial charge on any atom is -0.388 e. The van der Waals surface area contributed by atoms with Crippen LogP contribution in [0.4, 0.5) is 0 Å². The molecule has 2 saturated heterocycles. The van der Waals surface area contributed by atoms with Gasteiger partial charge in [-0.25, -0.2) is 0 Å².